The van der Waals surface area contributed by atoms with Gasteiger partial charge in [-0.3, -0.25) is 0 Å². The predicted molar refractivity (Wildman–Crippen MR) is 86.0 cm³/mol. The topological polar surface area (TPSA) is 36.3 Å². The van der Waals surface area contributed by atoms with E-state index < -0.39 is 0 Å². The van der Waals surface area contributed by atoms with Gasteiger partial charge in [-0.05, 0) is 47.5 Å². The molecule has 108 valence electrons. The van der Waals surface area contributed by atoms with Crippen LogP contribution in [0.15, 0.2) is 35.0 Å². The van der Waals surface area contributed by atoms with E-state index in [9.17, 15) is 0 Å². The van der Waals surface area contributed by atoms with Crippen LogP contribution in [0, 0.1) is 11.3 Å². The van der Waals surface area contributed by atoms with Crippen LogP contribution in [0.5, 0.6) is 0 Å². The van der Waals surface area contributed by atoms with E-state index in [-0.39, 0.29) is 12.2 Å². The van der Waals surface area contributed by atoms with Crippen LogP contribution in [0.2, 0.25) is 5.02 Å². The monoisotopic (exact) mass is 318 g/mol. The van der Waals surface area contributed by atoms with Crippen molar-refractivity contribution in [2.45, 2.75) is 19.1 Å². The summed E-state index contributed by atoms with van der Waals surface area (Å²) in [6, 6.07) is 9.79. The third-order valence-electron chi connectivity index (χ3n) is 3.61. The maximum Gasteiger partial charge on any atom is 0.101 e. The Hall–Kier alpha value is -1.54. The van der Waals surface area contributed by atoms with Gasteiger partial charge in [0.1, 0.15) is 12.2 Å². The number of rotatable bonds is 2. The second-order valence-corrected chi connectivity index (χ2v) is 6.36. The third kappa shape index (κ3) is 3.06. The number of hydrogen-bond donors (Lipinski definition) is 0. The first-order chi connectivity index (χ1) is 10.2. The number of nitriles is 1. The van der Waals surface area contributed by atoms with Crippen LogP contribution in [0.3, 0.4) is 0 Å². The summed E-state index contributed by atoms with van der Waals surface area (Å²) in [7, 11) is 0. The van der Waals surface area contributed by atoms with Crippen molar-refractivity contribution in [2.24, 2.45) is 0 Å². The predicted octanol–water partition coefficient (Wildman–Crippen LogP) is 4.24. The molecule has 3 nitrogen and oxygen atoms in total. The number of anilines is 1. The average molecular weight is 319 g/mol. The number of halogens is 1. The molecular weight excluding hydrogens is 304 g/mol. The Morgan fingerprint density at radius 2 is 2.24 bits per heavy atom. The Morgan fingerprint density at radius 1 is 1.38 bits per heavy atom. The summed E-state index contributed by atoms with van der Waals surface area (Å²) in [5, 5.41) is 13.7. The molecule has 0 saturated carbocycles. The fourth-order valence-electron chi connectivity index (χ4n) is 2.60. The molecule has 0 amide bonds. The molecule has 0 radical (unpaired) electrons. The van der Waals surface area contributed by atoms with Crippen LogP contribution in [0.4, 0.5) is 5.69 Å². The molecule has 1 aliphatic heterocycles. The van der Waals surface area contributed by atoms with Gasteiger partial charge in [-0.15, -0.1) is 0 Å². The first kappa shape index (κ1) is 14.4. The number of benzene rings is 1. The van der Waals surface area contributed by atoms with Gasteiger partial charge in [0, 0.05) is 18.8 Å². The van der Waals surface area contributed by atoms with E-state index in [0.29, 0.717) is 10.6 Å². The Morgan fingerprint density at radius 3 is 2.90 bits per heavy atom. The summed E-state index contributed by atoms with van der Waals surface area (Å²) >= 11 is 7.83. The minimum absolute atomic E-state index is 0.0782. The quantitative estimate of drug-likeness (QED) is 0.831. The maximum atomic E-state index is 8.96. The lowest BCUT2D eigenvalue weighted by molar-refractivity contribution is -0.0171. The first-order valence-electron chi connectivity index (χ1n) is 6.79. The standard InChI is InChI=1S/C16H15ClN2OS/c1-11-8-19(9-16(20-11)13-4-5-21-10-13)14-3-2-12(7-18)15(17)6-14/h2-6,10-11,16H,8-9H2,1H3. The zero-order valence-corrected chi connectivity index (χ0v) is 13.2. The molecule has 1 fully saturated rings. The molecule has 3 rings (SSSR count). The number of morpholine rings is 1. The SMILES string of the molecule is CC1CN(c2ccc(C#N)c(Cl)c2)CC(c2ccsc2)O1. The van der Waals surface area contributed by atoms with Crippen molar-refractivity contribution in [1.29, 1.82) is 5.26 Å². The molecule has 1 aliphatic rings. The van der Waals surface area contributed by atoms with E-state index in [4.69, 9.17) is 21.6 Å². The van der Waals surface area contributed by atoms with E-state index >= 15 is 0 Å². The van der Waals surface area contributed by atoms with Gasteiger partial charge in [0.05, 0.1) is 16.7 Å². The van der Waals surface area contributed by atoms with Crippen molar-refractivity contribution >= 4 is 28.6 Å². The number of hydrogen-bond acceptors (Lipinski definition) is 4. The van der Waals surface area contributed by atoms with Crippen LogP contribution in [-0.2, 0) is 4.74 Å². The minimum Gasteiger partial charge on any atom is -0.367 e. The van der Waals surface area contributed by atoms with Gasteiger partial charge in [0.15, 0.2) is 0 Å². The highest BCUT2D eigenvalue weighted by atomic mass is 35.5. The molecule has 2 atom stereocenters. The molecule has 0 spiro atoms. The molecule has 1 aromatic heterocycles. The summed E-state index contributed by atoms with van der Waals surface area (Å²) < 4.78 is 6.04. The minimum atomic E-state index is 0.0782. The van der Waals surface area contributed by atoms with Gasteiger partial charge >= 0.3 is 0 Å². The van der Waals surface area contributed by atoms with Gasteiger partial charge in [0.2, 0.25) is 0 Å². The molecular formula is C16H15ClN2OS. The summed E-state index contributed by atoms with van der Waals surface area (Å²) in [4.78, 5) is 2.27. The van der Waals surface area contributed by atoms with E-state index in [1.807, 2.05) is 12.1 Å². The summed E-state index contributed by atoms with van der Waals surface area (Å²) in [6.07, 6.45) is 0.229. The molecule has 2 heterocycles. The van der Waals surface area contributed by atoms with Gasteiger partial charge < -0.3 is 9.64 Å². The molecule has 5 heteroatoms. The first-order valence-corrected chi connectivity index (χ1v) is 8.11. The zero-order valence-electron chi connectivity index (χ0n) is 11.6. The lowest BCUT2D eigenvalue weighted by atomic mass is 10.1. The third-order valence-corrected chi connectivity index (χ3v) is 4.63. The lowest BCUT2D eigenvalue weighted by Gasteiger charge is -2.38. The second kappa shape index (κ2) is 6.07. The molecule has 0 bridgehead atoms. The Balaban J connectivity index is 1.84. The van der Waals surface area contributed by atoms with Crippen molar-refractivity contribution in [1.82, 2.24) is 0 Å². The Labute approximate surface area is 133 Å². The van der Waals surface area contributed by atoms with Crippen LogP contribution >= 0.6 is 22.9 Å². The summed E-state index contributed by atoms with van der Waals surface area (Å²) in [6.45, 7) is 3.70. The van der Waals surface area contributed by atoms with E-state index in [2.05, 4.69) is 34.7 Å². The highest BCUT2D eigenvalue weighted by molar-refractivity contribution is 7.07. The van der Waals surface area contributed by atoms with Crippen LogP contribution in [-0.4, -0.2) is 19.2 Å². The second-order valence-electron chi connectivity index (χ2n) is 5.17. The average Bonchev–Trinajstić information content (AvgIpc) is 3.01. The maximum absolute atomic E-state index is 8.96. The fraction of sp³-hybridized carbons (Fsp3) is 0.312. The van der Waals surface area contributed by atoms with Crippen molar-refractivity contribution in [3.63, 3.8) is 0 Å². The molecule has 21 heavy (non-hydrogen) atoms. The molecule has 2 unspecified atom stereocenters. The van der Waals surface area contributed by atoms with Crippen molar-refractivity contribution in [3.05, 3.63) is 51.2 Å². The number of thiophene rings is 1. The van der Waals surface area contributed by atoms with E-state index in [1.165, 1.54) is 5.56 Å². The highest BCUT2D eigenvalue weighted by Gasteiger charge is 2.27. The molecule has 0 aliphatic carbocycles. The largest absolute Gasteiger partial charge is 0.367 e. The molecule has 0 N–H and O–H groups in total. The number of nitrogens with zero attached hydrogens (tertiary/aromatic N) is 2. The fourth-order valence-corrected chi connectivity index (χ4v) is 3.51. The zero-order chi connectivity index (χ0) is 14.8. The smallest absolute Gasteiger partial charge is 0.101 e. The highest BCUT2D eigenvalue weighted by Crippen LogP contribution is 2.31. The van der Waals surface area contributed by atoms with Crippen molar-refractivity contribution < 1.29 is 4.74 Å². The molecule has 1 saturated heterocycles. The summed E-state index contributed by atoms with van der Waals surface area (Å²) in [5.41, 5.74) is 2.77. The van der Waals surface area contributed by atoms with Gasteiger partial charge in [-0.2, -0.15) is 16.6 Å². The van der Waals surface area contributed by atoms with E-state index in [0.717, 1.165) is 18.8 Å². The van der Waals surface area contributed by atoms with E-state index in [1.54, 1.807) is 17.4 Å². The summed E-state index contributed by atoms with van der Waals surface area (Å²) in [5.74, 6) is 0. The lowest BCUT2D eigenvalue weighted by Crippen LogP contribution is -2.42. The van der Waals surface area contributed by atoms with Crippen molar-refractivity contribution in [3.8, 4) is 6.07 Å². The van der Waals surface area contributed by atoms with Gasteiger partial charge in [-0.25, -0.2) is 0 Å². The normalized spacial score (nSPS) is 22.0. The molecule has 2 aromatic rings. The Kier molecular flexibility index (Phi) is 4.16. The van der Waals surface area contributed by atoms with Gasteiger partial charge in [0.25, 0.3) is 0 Å². The Bertz CT molecular complexity index is 665. The van der Waals surface area contributed by atoms with Crippen molar-refractivity contribution in [2.75, 3.05) is 18.0 Å². The molecule has 1 aromatic carbocycles. The van der Waals surface area contributed by atoms with Crippen LogP contribution in [0.1, 0.15) is 24.2 Å². The van der Waals surface area contributed by atoms with Crippen LogP contribution in [0.25, 0.3) is 0 Å². The van der Waals surface area contributed by atoms with Crippen LogP contribution < -0.4 is 4.90 Å². The van der Waals surface area contributed by atoms with Gasteiger partial charge in [-0.1, -0.05) is 11.6 Å². The number of ether oxygens (including phenoxy) is 1.